The molecule has 0 bridgehead atoms. The van der Waals surface area contributed by atoms with Crippen molar-refractivity contribution in [2.45, 2.75) is 13.0 Å². The predicted molar refractivity (Wildman–Crippen MR) is 94.7 cm³/mol. The molecule has 0 radical (unpaired) electrons. The second-order valence-corrected chi connectivity index (χ2v) is 6.80. The molecule has 3 nitrogen and oxygen atoms in total. The summed E-state index contributed by atoms with van der Waals surface area (Å²) in [5.41, 5.74) is 9.59. The molecule has 0 spiro atoms. The smallest absolute Gasteiger partial charge is 0.196 e. The summed E-state index contributed by atoms with van der Waals surface area (Å²) < 4.78 is 2.08. The topological polar surface area (TPSA) is 41.6 Å². The van der Waals surface area contributed by atoms with Gasteiger partial charge in [-0.3, -0.25) is 4.99 Å². The van der Waals surface area contributed by atoms with Crippen molar-refractivity contribution < 1.29 is 0 Å². The lowest BCUT2D eigenvalue weighted by molar-refractivity contribution is 0.768. The highest BCUT2D eigenvalue weighted by Gasteiger charge is 2.29. The van der Waals surface area contributed by atoms with E-state index in [0.29, 0.717) is 12.5 Å². The number of anilines is 1. The first-order valence-corrected chi connectivity index (χ1v) is 8.25. The van der Waals surface area contributed by atoms with Crippen molar-refractivity contribution >= 4 is 43.5 Å². The molecule has 0 saturated carbocycles. The van der Waals surface area contributed by atoms with Gasteiger partial charge in [0, 0.05) is 14.6 Å². The predicted octanol–water partition coefficient (Wildman–Crippen LogP) is 4.40. The van der Waals surface area contributed by atoms with E-state index in [1.165, 1.54) is 11.1 Å². The molecule has 5 heteroatoms. The van der Waals surface area contributed by atoms with Gasteiger partial charge in [0.15, 0.2) is 5.96 Å². The molecule has 0 aliphatic carbocycles. The molecule has 1 unspecified atom stereocenters. The summed E-state index contributed by atoms with van der Waals surface area (Å²) in [5, 5.41) is 0. The van der Waals surface area contributed by atoms with Crippen LogP contribution in [-0.4, -0.2) is 12.5 Å². The molecule has 0 aromatic heterocycles. The van der Waals surface area contributed by atoms with Crippen LogP contribution in [0.3, 0.4) is 0 Å². The second kappa shape index (κ2) is 5.81. The Morgan fingerprint density at radius 3 is 2.48 bits per heavy atom. The largest absolute Gasteiger partial charge is 0.369 e. The number of benzene rings is 2. The van der Waals surface area contributed by atoms with Crippen LogP contribution in [0.2, 0.25) is 0 Å². The summed E-state index contributed by atoms with van der Waals surface area (Å²) in [6.45, 7) is 2.75. The SMILES string of the molecule is Cc1ccc(N2C(N)=NCC2c2ccc(Br)c(Br)c2)cc1. The van der Waals surface area contributed by atoms with Gasteiger partial charge in [0.2, 0.25) is 0 Å². The fourth-order valence-corrected chi connectivity index (χ4v) is 3.13. The first-order chi connectivity index (χ1) is 10.1. The minimum atomic E-state index is 0.136. The van der Waals surface area contributed by atoms with Crippen LogP contribution in [0.4, 0.5) is 5.69 Å². The van der Waals surface area contributed by atoms with Gasteiger partial charge in [0.25, 0.3) is 0 Å². The molecule has 3 rings (SSSR count). The van der Waals surface area contributed by atoms with Gasteiger partial charge in [-0.2, -0.15) is 0 Å². The molecule has 1 aliphatic rings. The lowest BCUT2D eigenvalue weighted by atomic mass is 10.1. The number of guanidine groups is 1. The summed E-state index contributed by atoms with van der Waals surface area (Å²) in [5.74, 6) is 0.572. The second-order valence-electron chi connectivity index (χ2n) is 5.09. The molecule has 21 heavy (non-hydrogen) atoms. The maximum atomic E-state index is 6.10. The maximum Gasteiger partial charge on any atom is 0.196 e. The first kappa shape index (κ1) is 14.6. The Labute approximate surface area is 141 Å². The van der Waals surface area contributed by atoms with Crippen molar-refractivity contribution in [3.63, 3.8) is 0 Å². The van der Waals surface area contributed by atoms with E-state index >= 15 is 0 Å². The summed E-state index contributed by atoms with van der Waals surface area (Å²) in [6, 6.07) is 14.8. The third-order valence-electron chi connectivity index (χ3n) is 3.63. The first-order valence-electron chi connectivity index (χ1n) is 6.67. The van der Waals surface area contributed by atoms with E-state index in [9.17, 15) is 0 Å². The Morgan fingerprint density at radius 1 is 1.10 bits per heavy atom. The van der Waals surface area contributed by atoms with E-state index in [1.54, 1.807) is 0 Å². The van der Waals surface area contributed by atoms with Gasteiger partial charge in [0.1, 0.15) is 0 Å². The molecular formula is C16H15Br2N3. The molecule has 108 valence electrons. The zero-order chi connectivity index (χ0) is 15.0. The van der Waals surface area contributed by atoms with Crippen LogP contribution in [0, 0.1) is 6.92 Å². The van der Waals surface area contributed by atoms with Gasteiger partial charge in [0.05, 0.1) is 12.6 Å². The fourth-order valence-electron chi connectivity index (χ4n) is 2.49. The van der Waals surface area contributed by atoms with Gasteiger partial charge in [-0.25, -0.2) is 0 Å². The zero-order valence-electron chi connectivity index (χ0n) is 11.6. The monoisotopic (exact) mass is 407 g/mol. The summed E-state index contributed by atoms with van der Waals surface area (Å²) in [4.78, 5) is 6.51. The molecule has 2 aromatic rings. The normalized spacial score (nSPS) is 18.0. The number of hydrogen-bond donors (Lipinski definition) is 1. The zero-order valence-corrected chi connectivity index (χ0v) is 14.7. The van der Waals surface area contributed by atoms with E-state index in [-0.39, 0.29) is 6.04 Å². The molecular weight excluding hydrogens is 394 g/mol. The number of hydrogen-bond acceptors (Lipinski definition) is 3. The lowest BCUT2D eigenvalue weighted by Crippen LogP contribution is -2.36. The summed E-state index contributed by atoms with van der Waals surface area (Å²) in [6.07, 6.45) is 0. The van der Waals surface area contributed by atoms with Crippen LogP contribution in [0.1, 0.15) is 17.2 Å². The van der Waals surface area contributed by atoms with Crippen LogP contribution in [0.5, 0.6) is 0 Å². The van der Waals surface area contributed by atoms with E-state index in [1.807, 2.05) is 6.07 Å². The third-order valence-corrected chi connectivity index (χ3v) is 5.50. The number of rotatable bonds is 2. The maximum absolute atomic E-state index is 6.10. The molecule has 1 heterocycles. The molecule has 0 saturated heterocycles. The van der Waals surface area contributed by atoms with Crippen molar-refractivity contribution in [2.24, 2.45) is 10.7 Å². The van der Waals surface area contributed by atoms with Gasteiger partial charge in [-0.1, -0.05) is 23.8 Å². The van der Waals surface area contributed by atoms with Gasteiger partial charge in [-0.05, 0) is 68.6 Å². The average molecular weight is 409 g/mol. The molecule has 0 amide bonds. The Bertz CT molecular complexity index is 695. The van der Waals surface area contributed by atoms with Crippen LogP contribution in [-0.2, 0) is 0 Å². The molecule has 1 aliphatic heterocycles. The lowest BCUT2D eigenvalue weighted by Gasteiger charge is -2.27. The van der Waals surface area contributed by atoms with Crippen LogP contribution < -0.4 is 10.6 Å². The van der Waals surface area contributed by atoms with E-state index in [2.05, 4.69) is 85.1 Å². The highest BCUT2D eigenvalue weighted by molar-refractivity contribution is 9.13. The van der Waals surface area contributed by atoms with Crippen LogP contribution in [0.15, 0.2) is 56.4 Å². The Morgan fingerprint density at radius 2 is 1.81 bits per heavy atom. The molecule has 1 atom stereocenters. The van der Waals surface area contributed by atoms with Crippen molar-refractivity contribution in [1.82, 2.24) is 0 Å². The van der Waals surface area contributed by atoms with Crippen LogP contribution in [0.25, 0.3) is 0 Å². The van der Waals surface area contributed by atoms with Gasteiger partial charge in [-0.15, -0.1) is 0 Å². The summed E-state index contributed by atoms with van der Waals surface area (Å²) in [7, 11) is 0. The Balaban J connectivity index is 1.98. The number of aryl methyl sites for hydroxylation is 1. The molecule has 0 fully saturated rings. The number of nitrogens with two attached hydrogens (primary N) is 1. The molecule has 2 aromatic carbocycles. The highest BCUT2D eigenvalue weighted by atomic mass is 79.9. The number of nitrogens with zero attached hydrogens (tertiary/aromatic N) is 2. The molecule has 2 N–H and O–H groups in total. The highest BCUT2D eigenvalue weighted by Crippen LogP contribution is 2.34. The average Bonchev–Trinajstić information content (AvgIpc) is 2.85. The number of halogens is 2. The van der Waals surface area contributed by atoms with E-state index in [4.69, 9.17) is 5.73 Å². The minimum Gasteiger partial charge on any atom is -0.369 e. The Kier molecular flexibility index (Phi) is 4.04. The van der Waals surface area contributed by atoms with E-state index < -0.39 is 0 Å². The van der Waals surface area contributed by atoms with Crippen molar-refractivity contribution in [1.29, 1.82) is 0 Å². The third kappa shape index (κ3) is 2.85. The van der Waals surface area contributed by atoms with Gasteiger partial charge >= 0.3 is 0 Å². The van der Waals surface area contributed by atoms with Crippen LogP contribution >= 0.6 is 31.9 Å². The van der Waals surface area contributed by atoms with Gasteiger partial charge < -0.3 is 10.6 Å². The van der Waals surface area contributed by atoms with E-state index in [0.717, 1.165) is 14.6 Å². The Hall–Kier alpha value is -1.33. The number of aliphatic imine (C=N–C) groups is 1. The van der Waals surface area contributed by atoms with Crippen molar-refractivity contribution in [3.8, 4) is 0 Å². The summed E-state index contributed by atoms with van der Waals surface area (Å²) >= 11 is 7.06. The quantitative estimate of drug-likeness (QED) is 0.800. The van der Waals surface area contributed by atoms with Crippen molar-refractivity contribution in [3.05, 3.63) is 62.5 Å². The standard InChI is InChI=1S/C16H15Br2N3/c1-10-2-5-12(6-3-10)21-15(9-20-16(21)19)11-4-7-13(17)14(18)8-11/h2-8,15H,9H2,1H3,(H2,19,20). The minimum absolute atomic E-state index is 0.136. The van der Waals surface area contributed by atoms with Crippen molar-refractivity contribution in [2.75, 3.05) is 11.4 Å². The fraction of sp³-hybridized carbons (Fsp3) is 0.188.